The van der Waals surface area contributed by atoms with E-state index >= 15 is 0 Å². The van der Waals surface area contributed by atoms with Gasteiger partial charge in [-0.05, 0) is 30.2 Å². The molecule has 0 spiro atoms. The number of hydrogen-bond donors (Lipinski definition) is 2. The molecule has 1 fully saturated rings. The SMILES string of the molecule is CC1CCCC(CC(=O)NC(Cc2ccccc2)C(=O)O)C1. The van der Waals surface area contributed by atoms with Crippen molar-refractivity contribution in [3.05, 3.63) is 35.9 Å². The molecule has 0 aliphatic heterocycles. The number of carboxylic acids is 1. The van der Waals surface area contributed by atoms with E-state index in [1.54, 1.807) is 0 Å². The van der Waals surface area contributed by atoms with E-state index in [1.165, 1.54) is 12.8 Å². The number of carbonyl (C=O) groups is 2. The smallest absolute Gasteiger partial charge is 0.326 e. The zero-order chi connectivity index (χ0) is 15.9. The fourth-order valence-electron chi connectivity index (χ4n) is 3.31. The Kier molecular flexibility index (Phi) is 5.99. The largest absolute Gasteiger partial charge is 0.480 e. The Hall–Kier alpha value is -1.84. The minimum absolute atomic E-state index is 0.137. The van der Waals surface area contributed by atoms with E-state index in [0.717, 1.165) is 18.4 Å². The molecule has 4 nitrogen and oxygen atoms in total. The normalized spacial score (nSPS) is 22.8. The van der Waals surface area contributed by atoms with Gasteiger partial charge in [0.2, 0.25) is 5.91 Å². The number of carbonyl (C=O) groups excluding carboxylic acids is 1. The van der Waals surface area contributed by atoms with Crippen LogP contribution in [0.3, 0.4) is 0 Å². The monoisotopic (exact) mass is 303 g/mol. The third-order valence-corrected chi connectivity index (χ3v) is 4.44. The van der Waals surface area contributed by atoms with Crippen LogP contribution in [0.1, 0.15) is 44.6 Å². The van der Waals surface area contributed by atoms with Crippen molar-refractivity contribution in [1.82, 2.24) is 5.32 Å². The molecule has 1 aromatic rings. The average molecular weight is 303 g/mol. The van der Waals surface area contributed by atoms with Crippen LogP contribution in [0, 0.1) is 11.8 Å². The van der Waals surface area contributed by atoms with E-state index in [1.807, 2.05) is 30.3 Å². The van der Waals surface area contributed by atoms with E-state index in [-0.39, 0.29) is 5.91 Å². The van der Waals surface area contributed by atoms with Crippen molar-refractivity contribution >= 4 is 11.9 Å². The molecule has 1 amide bonds. The molecule has 1 aliphatic carbocycles. The summed E-state index contributed by atoms with van der Waals surface area (Å²) in [6.07, 6.45) is 5.33. The van der Waals surface area contributed by atoms with Crippen LogP contribution >= 0.6 is 0 Å². The first-order chi connectivity index (χ1) is 10.5. The molecule has 2 N–H and O–H groups in total. The summed E-state index contributed by atoms with van der Waals surface area (Å²) in [5.74, 6) is -0.0438. The lowest BCUT2D eigenvalue weighted by molar-refractivity contribution is -0.142. The van der Waals surface area contributed by atoms with Crippen molar-refractivity contribution < 1.29 is 14.7 Å². The molecule has 4 heteroatoms. The lowest BCUT2D eigenvalue weighted by Crippen LogP contribution is -2.43. The summed E-state index contributed by atoms with van der Waals surface area (Å²) >= 11 is 0. The second-order valence-corrected chi connectivity index (χ2v) is 6.49. The molecule has 2 rings (SSSR count). The summed E-state index contributed by atoms with van der Waals surface area (Å²) in [6.45, 7) is 2.22. The molecule has 1 aliphatic rings. The van der Waals surface area contributed by atoms with E-state index in [4.69, 9.17) is 0 Å². The molecular formula is C18H25NO3. The van der Waals surface area contributed by atoms with Crippen LogP contribution in [0.15, 0.2) is 30.3 Å². The van der Waals surface area contributed by atoms with Gasteiger partial charge in [0.05, 0.1) is 0 Å². The molecular weight excluding hydrogens is 278 g/mol. The second kappa shape index (κ2) is 7.97. The van der Waals surface area contributed by atoms with Gasteiger partial charge in [-0.2, -0.15) is 0 Å². The summed E-state index contributed by atoms with van der Waals surface area (Å²) in [5.41, 5.74) is 0.918. The van der Waals surface area contributed by atoms with Crippen LogP contribution in [0.5, 0.6) is 0 Å². The Labute approximate surface area is 131 Å². The van der Waals surface area contributed by atoms with Gasteiger partial charge in [-0.15, -0.1) is 0 Å². The molecule has 0 aromatic heterocycles. The first-order valence-corrected chi connectivity index (χ1v) is 8.10. The Morgan fingerprint density at radius 1 is 1.27 bits per heavy atom. The highest BCUT2D eigenvalue weighted by atomic mass is 16.4. The van der Waals surface area contributed by atoms with Gasteiger partial charge in [-0.25, -0.2) is 4.79 Å². The Morgan fingerprint density at radius 3 is 2.64 bits per heavy atom. The van der Waals surface area contributed by atoms with Gasteiger partial charge in [0.15, 0.2) is 0 Å². The highest BCUT2D eigenvalue weighted by Gasteiger charge is 2.24. The Bertz CT molecular complexity index is 500. The molecule has 120 valence electrons. The minimum atomic E-state index is -0.978. The van der Waals surface area contributed by atoms with Crippen molar-refractivity contribution in [3.63, 3.8) is 0 Å². The van der Waals surface area contributed by atoms with Crippen molar-refractivity contribution in [2.24, 2.45) is 11.8 Å². The highest BCUT2D eigenvalue weighted by Crippen LogP contribution is 2.30. The number of rotatable bonds is 6. The lowest BCUT2D eigenvalue weighted by Gasteiger charge is -2.26. The van der Waals surface area contributed by atoms with E-state index in [2.05, 4.69) is 12.2 Å². The summed E-state index contributed by atoms with van der Waals surface area (Å²) in [5, 5.41) is 12.0. The molecule has 1 saturated carbocycles. The van der Waals surface area contributed by atoms with Gasteiger partial charge < -0.3 is 10.4 Å². The molecule has 3 atom stereocenters. The maximum atomic E-state index is 12.1. The molecule has 0 radical (unpaired) electrons. The molecule has 0 bridgehead atoms. The average Bonchev–Trinajstić information content (AvgIpc) is 2.47. The van der Waals surface area contributed by atoms with Crippen molar-refractivity contribution in [2.75, 3.05) is 0 Å². The number of nitrogens with one attached hydrogen (secondary N) is 1. The number of benzene rings is 1. The maximum Gasteiger partial charge on any atom is 0.326 e. The lowest BCUT2D eigenvalue weighted by atomic mass is 9.80. The van der Waals surface area contributed by atoms with E-state index in [0.29, 0.717) is 24.7 Å². The predicted molar refractivity (Wildman–Crippen MR) is 85.5 cm³/mol. The van der Waals surface area contributed by atoms with Gasteiger partial charge in [0.1, 0.15) is 6.04 Å². The first kappa shape index (κ1) is 16.5. The van der Waals surface area contributed by atoms with Crippen molar-refractivity contribution in [2.45, 2.75) is 51.5 Å². The fourth-order valence-corrected chi connectivity index (χ4v) is 3.31. The second-order valence-electron chi connectivity index (χ2n) is 6.49. The Morgan fingerprint density at radius 2 is 2.00 bits per heavy atom. The summed E-state index contributed by atoms with van der Waals surface area (Å²) in [4.78, 5) is 23.5. The quantitative estimate of drug-likeness (QED) is 0.849. The van der Waals surface area contributed by atoms with Crippen LogP contribution in [-0.2, 0) is 16.0 Å². The van der Waals surface area contributed by atoms with Crippen LogP contribution < -0.4 is 5.32 Å². The van der Waals surface area contributed by atoms with Gasteiger partial charge in [-0.3, -0.25) is 4.79 Å². The standard InChI is InChI=1S/C18H25NO3/c1-13-6-5-9-15(10-13)12-17(20)19-16(18(21)22)11-14-7-3-2-4-8-14/h2-4,7-8,13,15-16H,5-6,9-12H2,1H3,(H,19,20)(H,21,22). The fraction of sp³-hybridized carbons (Fsp3) is 0.556. The van der Waals surface area contributed by atoms with Gasteiger partial charge in [-0.1, -0.05) is 50.1 Å². The molecule has 3 unspecified atom stereocenters. The number of carboxylic acid groups (broad SMARTS) is 1. The topological polar surface area (TPSA) is 66.4 Å². The van der Waals surface area contributed by atoms with Crippen LogP contribution in [-0.4, -0.2) is 23.0 Å². The third-order valence-electron chi connectivity index (χ3n) is 4.44. The maximum absolute atomic E-state index is 12.1. The molecule has 1 aromatic carbocycles. The number of amides is 1. The zero-order valence-electron chi connectivity index (χ0n) is 13.1. The van der Waals surface area contributed by atoms with Gasteiger partial charge in [0.25, 0.3) is 0 Å². The first-order valence-electron chi connectivity index (χ1n) is 8.10. The summed E-state index contributed by atoms with van der Waals surface area (Å²) < 4.78 is 0. The molecule has 0 heterocycles. The number of aliphatic carboxylic acids is 1. The Balaban J connectivity index is 1.87. The van der Waals surface area contributed by atoms with Gasteiger partial charge >= 0.3 is 5.97 Å². The van der Waals surface area contributed by atoms with Crippen LogP contribution in [0.2, 0.25) is 0 Å². The third kappa shape index (κ3) is 5.17. The minimum Gasteiger partial charge on any atom is -0.480 e. The van der Waals surface area contributed by atoms with Crippen LogP contribution in [0.4, 0.5) is 0 Å². The van der Waals surface area contributed by atoms with Crippen molar-refractivity contribution in [1.29, 1.82) is 0 Å². The molecule has 0 saturated heterocycles. The van der Waals surface area contributed by atoms with E-state index < -0.39 is 12.0 Å². The van der Waals surface area contributed by atoms with Crippen molar-refractivity contribution in [3.8, 4) is 0 Å². The predicted octanol–water partition coefficient (Wildman–Crippen LogP) is 3.01. The van der Waals surface area contributed by atoms with Gasteiger partial charge in [0, 0.05) is 12.8 Å². The number of hydrogen-bond acceptors (Lipinski definition) is 2. The van der Waals surface area contributed by atoms with Crippen LogP contribution in [0.25, 0.3) is 0 Å². The summed E-state index contributed by atoms with van der Waals surface area (Å²) in [7, 11) is 0. The summed E-state index contributed by atoms with van der Waals surface area (Å²) in [6, 6.07) is 8.55. The molecule has 22 heavy (non-hydrogen) atoms. The zero-order valence-corrected chi connectivity index (χ0v) is 13.1. The van der Waals surface area contributed by atoms with E-state index in [9.17, 15) is 14.7 Å². The highest BCUT2D eigenvalue weighted by molar-refractivity contribution is 5.83.